The molecule has 3 aromatic carbocycles. The number of para-hydroxylation sites is 2. The molecule has 0 fully saturated rings. The normalized spacial score (nSPS) is 11.6. The molecule has 4 nitrogen and oxygen atoms in total. The molecule has 0 saturated heterocycles. The van der Waals surface area contributed by atoms with Gasteiger partial charge in [-0.3, -0.25) is 4.79 Å². The van der Waals surface area contributed by atoms with Crippen molar-refractivity contribution >= 4 is 5.91 Å². The lowest BCUT2D eigenvalue weighted by Gasteiger charge is -2.19. The van der Waals surface area contributed by atoms with Gasteiger partial charge in [-0.05, 0) is 42.3 Å². The number of hydrogen-bond acceptors (Lipinski definition) is 3. The second-order valence-electron chi connectivity index (χ2n) is 6.20. The van der Waals surface area contributed by atoms with Crippen LogP contribution in [0, 0.1) is 6.92 Å². The van der Waals surface area contributed by atoms with E-state index >= 15 is 0 Å². The predicted octanol–water partition coefficient (Wildman–Crippen LogP) is 4.90. The quantitative estimate of drug-likeness (QED) is 0.651. The number of amides is 1. The number of rotatable bonds is 7. The van der Waals surface area contributed by atoms with Crippen LogP contribution in [-0.4, -0.2) is 19.6 Å². The van der Waals surface area contributed by atoms with Crippen molar-refractivity contribution in [1.29, 1.82) is 0 Å². The van der Waals surface area contributed by atoms with Gasteiger partial charge in [-0.25, -0.2) is 0 Å². The molecule has 0 heterocycles. The molecule has 1 unspecified atom stereocenters. The SMILES string of the molecule is COC(CNC(=O)c1ccccc1Oc1ccccc1)c1ccccc1C. The van der Waals surface area contributed by atoms with Crippen LogP contribution in [-0.2, 0) is 4.74 Å². The van der Waals surface area contributed by atoms with Crippen LogP contribution in [0.25, 0.3) is 0 Å². The van der Waals surface area contributed by atoms with Crippen LogP contribution in [0.3, 0.4) is 0 Å². The lowest BCUT2D eigenvalue weighted by atomic mass is 10.0. The molecule has 0 radical (unpaired) electrons. The van der Waals surface area contributed by atoms with Gasteiger partial charge in [0.15, 0.2) is 0 Å². The average Bonchev–Trinajstić information content (AvgIpc) is 2.70. The van der Waals surface area contributed by atoms with E-state index in [9.17, 15) is 4.79 Å². The fourth-order valence-corrected chi connectivity index (χ4v) is 2.91. The predicted molar refractivity (Wildman–Crippen MR) is 106 cm³/mol. The van der Waals surface area contributed by atoms with E-state index in [1.165, 1.54) is 0 Å². The van der Waals surface area contributed by atoms with Crippen LogP contribution in [0.5, 0.6) is 11.5 Å². The summed E-state index contributed by atoms with van der Waals surface area (Å²) in [7, 11) is 1.65. The third kappa shape index (κ3) is 4.74. The topological polar surface area (TPSA) is 47.6 Å². The summed E-state index contributed by atoms with van der Waals surface area (Å²) < 4.78 is 11.5. The zero-order valence-electron chi connectivity index (χ0n) is 15.5. The minimum absolute atomic E-state index is 0.197. The van der Waals surface area contributed by atoms with Crippen LogP contribution < -0.4 is 10.1 Å². The Bertz CT molecular complexity index is 893. The Morgan fingerprint density at radius 3 is 2.33 bits per heavy atom. The van der Waals surface area contributed by atoms with Gasteiger partial charge in [0.25, 0.3) is 5.91 Å². The van der Waals surface area contributed by atoms with Crippen molar-refractivity contribution in [3.8, 4) is 11.5 Å². The van der Waals surface area contributed by atoms with Gasteiger partial charge < -0.3 is 14.8 Å². The third-order valence-electron chi connectivity index (χ3n) is 4.37. The molecule has 4 heteroatoms. The minimum Gasteiger partial charge on any atom is -0.457 e. The van der Waals surface area contributed by atoms with Gasteiger partial charge in [0.05, 0.1) is 11.7 Å². The molecule has 1 atom stereocenters. The number of ether oxygens (including phenoxy) is 2. The second-order valence-corrected chi connectivity index (χ2v) is 6.20. The molecule has 1 N–H and O–H groups in total. The van der Waals surface area contributed by atoms with Crippen molar-refractivity contribution in [2.24, 2.45) is 0 Å². The largest absolute Gasteiger partial charge is 0.457 e. The van der Waals surface area contributed by atoms with Gasteiger partial charge in [0.2, 0.25) is 0 Å². The fourth-order valence-electron chi connectivity index (χ4n) is 2.91. The average molecular weight is 361 g/mol. The molecule has 0 aliphatic carbocycles. The Labute approximate surface area is 159 Å². The number of carbonyl (C=O) groups is 1. The van der Waals surface area contributed by atoms with Crippen molar-refractivity contribution in [2.75, 3.05) is 13.7 Å². The molecule has 0 spiro atoms. The zero-order chi connectivity index (χ0) is 19.1. The highest BCUT2D eigenvalue weighted by atomic mass is 16.5. The maximum atomic E-state index is 12.7. The summed E-state index contributed by atoms with van der Waals surface area (Å²) in [4.78, 5) is 12.7. The van der Waals surface area contributed by atoms with E-state index in [4.69, 9.17) is 9.47 Å². The van der Waals surface area contributed by atoms with Crippen molar-refractivity contribution in [2.45, 2.75) is 13.0 Å². The van der Waals surface area contributed by atoms with Gasteiger partial charge in [-0.1, -0.05) is 54.6 Å². The number of methoxy groups -OCH3 is 1. The molecule has 0 aromatic heterocycles. The first kappa shape index (κ1) is 18.7. The molecule has 3 rings (SSSR count). The van der Waals surface area contributed by atoms with E-state index in [1.807, 2.05) is 73.7 Å². The number of benzene rings is 3. The molecule has 0 bridgehead atoms. The molecule has 0 aliphatic heterocycles. The lowest BCUT2D eigenvalue weighted by Crippen LogP contribution is -2.29. The molecular weight excluding hydrogens is 338 g/mol. The summed E-state index contributed by atoms with van der Waals surface area (Å²) in [5, 5.41) is 2.96. The van der Waals surface area contributed by atoms with E-state index < -0.39 is 0 Å². The van der Waals surface area contributed by atoms with E-state index in [1.54, 1.807) is 19.2 Å². The van der Waals surface area contributed by atoms with Gasteiger partial charge in [-0.15, -0.1) is 0 Å². The minimum atomic E-state index is -0.211. The van der Waals surface area contributed by atoms with Crippen LogP contribution >= 0.6 is 0 Å². The maximum Gasteiger partial charge on any atom is 0.255 e. The highest BCUT2D eigenvalue weighted by molar-refractivity contribution is 5.97. The smallest absolute Gasteiger partial charge is 0.255 e. The maximum absolute atomic E-state index is 12.7. The number of hydrogen-bond donors (Lipinski definition) is 1. The molecule has 27 heavy (non-hydrogen) atoms. The van der Waals surface area contributed by atoms with E-state index in [-0.39, 0.29) is 12.0 Å². The number of nitrogens with one attached hydrogen (secondary N) is 1. The highest BCUT2D eigenvalue weighted by Crippen LogP contribution is 2.25. The van der Waals surface area contributed by atoms with Crippen LogP contribution in [0.1, 0.15) is 27.6 Å². The lowest BCUT2D eigenvalue weighted by molar-refractivity contribution is 0.0824. The molecule has 0 aliphatic rings. The highest BCUT2D eigenvalue weighted by Gasteiger charge is 2.17. The van der Waals surface area contributed by atoms with Gasteiger partial charge >= 0.3 is 0 Å². The summed E-state index contributed by atoms with van der Waals surface area (Å²) in [6.07, 6.45) is -0.211. The Morgan fingerprint density at radius 1 is 0.926 bits per heavy atom. The molecule has 138 valence electrons. The molecule has 1 amide bonds. The summed E-state index contributed by atoms with van der Waals surface area (Å²) in [5.41, 5.74) is 2.68. The van der Waals surface area contributed by atoms with Crippen molar-refractivity contribution < 1.29 is 14.3 Å². The van der Waals surface area contributed by atoms with Gasteiger partial charge in [0.1, 0.15) is 11.5 Å². The van der Waals surface area contributed by atoms with Crippen LogP contribution in [0.2, 0.25) is 0 Å². The summed E-state index contributed by atoms with van der Waals surface area (Å²) in [6, 6.07) is 24.6. The van der Waals surface area contributed by atoms with Crippen LogP contribution in [0.15, 0.2) is 78.9 Å². The van der Waals surface area contributed by atoms with E-state index in [0.29, 0.717) is 23.6 Å². The van der Waals surface area contributed by atoms with E-state index in [2.05, 4.69) is 5.32 Å². The standard InChI is InChI=1S/C23H23NO3/c1-17-10-6-7-13-19(17)22(26-2)16-24-23(25)20-14-8-9-15-21(20)27-18-11-4-3-5-12-18/h3-15,22H,16H2,1-2H3,(H,24,25). The first-order valence-corrected chi connectivity index (χ1v) is 8.87. The fraction of sp³-hybridized carbons (Fsp3) is 0.174. The second kappa shape index (κ2) is 9.01. The molecule has 0 saturated carbocycles. The monoisotopic (exact) mass is 361 g/mol. The zero-order valence-corrected chi connectivity index (χ0v) is 15.5. The molecular formula is C23H23NO3. The van der Waals surface area contributed by atoms with Crippen molar-refractivity contribution in [1.82, 2.24) is 5.32 Å². The summed E-state index contributed by atoms with van der Waals surface area (Å²) in [5.74, 6) is 1.01. The summed E-state index contributed by atoms with van der Waals surface area (Å²) in [6.45, 7) is 2.41. The first-order valence-electron chi connectivity index (χ1n) is 8.87. The Kier molecular flexibility index (Phi) is 6.23. The van der Waals surface area contributed by atoms with Crippen LogP contribution in [0.4, 0.5) is 0 Å². The van der Waals surface area contributed by atoms with E-state index in [0.717, 1.165) is 11.1 Å². The van der Waals surface area contributed by atoms with Gasteiger partial charge in [-0.2, -0.15) is 0 Å². The number of aryl methyl sites for hydroxylation is 1. The molecule has 3 aromatic rings. The Balaban J connectivity index is 1.72. The Morgan fingerprint density at radius 2 is 1.59 bits per heavy atom. The van der Waals surface area contributed by atoms with Gasteiger partial charge in [0, 0.05) is 13.7 Å². The number of carbonyl (C=O) groups excluding carboxylic acids is 1. The third-order valence-corrected chi connectivity index (χ3v) is 4.37. The van der Waals surface area contributed by atoms with Crippen molar-refractivity contribution in [3.63, 3.8) is 0 Å². The Hall–Kier alpha value is -3.11. The summed E-state index contributed by atoms with van der Waals surface area (Å²) >= 11 is 0. The van der Waals surface area contributed by atoms with Crippen molar-refractivity contribution in [3.05, 3.63) is 95.6 Å². The first-order chi connectivity index (χ1) is 13.2.